The van der Waals surface area contributed by atoms with Crippen molar-refractivity contribution in [2.24, 2.45) is 0 Å². The Kier molecular flexibility index (Phi) is 6.82. The molecule has 0 aliphatic carbocycles. The Bertz CT molecular complexity index is 1270. The Morgan fingerprint density at radius 1 is 0.912 bits per heavy atom. The van der Waals surface area contributed by atoms with Crippen LogP contribution in [-0.4, -0.2) is 15.7 Å². The summed E-state index contributed by atoms with van der Waals surface area (Å²) in [4.78, 5) is 13.5. The van der Waals surface area contributed by atoms with Gasteiger partial charge in [0.1, 0.15) is 5.69 Å². The molecule has 0 aliphatic rings. The van der Waals surface area contributed by atoms with E-state index < -0.39 is 17.6 Å². The van der Waals surface area contributed by atoms with Crippen LogP contribution in [-0.2, 0) is 19.1 Å². The summed E-state index contributed by atoms with van der Waals surface area (Å²) in [6.07, 6.45) is -3.15. The number of rotatable bonds is 7. The number of carbonyl (C=O) groups is 1. The highest BCUT2D eigenvalue weighted by Gasteiger charge is 2.33. The Morgan fingerprint density at radius 3 is 2.18 bits per heavy atom. The molecule has 4 nitrogen and oxygen atoms in total. The van der Waals surface area contributed by atoms with Gasteiger partial charge in [0, 0.05) is 12.1 Å². The van der Waals surface area contributed by atoms with Crippen molar-refractivity contribution in [1.82, 2.24) is 15.1 Å². The standard InChI is InChI=1S/C27H24F3N3O/c1-2-11-23-24(26(34)31-18-20-14-9-10-17-22(20)27(28,29)30)25(19-12-5-3-6-13-19)32-33(23)21-15-7-4-8-16-21/h3-10,12-17H,2,11,18H2,1H3,(H,31,34). The van der Waals surface area contributed by atoms with Gasteiger partial charge in [-0.1, -0.05) is 80.1 Å². The van der Waals surface area contributed by atoms with E-state index in [4.69, 9.17) is 5.10 Å². The van der Waals surface area contributed by atoms with E-state index in [1.807, 2.05) is 67.6 Å². The Morgan fingerprint density at radius 2 is 1.53 bits per heavy atom. The van der Waals surface area contributed by atoms with E-state index in [9.17, 15) is 18.0 Å². The maximum absolute atomic E-state index is 13.5. The Labute approximate surface area is 196 Å². The summed E-state index contributed by atoms with van der Waals surface area (Å²) < 4.78 is 42.0. The first-order valence-electron chi connectivity index (χ1n) is 11.1. The lowest BCUT2D eigenvalue weighted by Gasteiger charge is -2.14. The van der Waals surface area contributed by atoms with Crippen molar-refractivity contribution in [1.29, 1.82) is 0 Å². The quantitative estimate of drug-likeness (QED) is 0.343. The summed E-state index contributed by atoms with van der Waals surface area (Å²) in [5.74, 6) is -0.457. The van der Waals surface area contributed by atoms with Crippen LogP contribution in [0.4, 0.5) is 13.2 Å². The molecular formula is C27H24F3N3O. The van der Waals surface area contributed by atoms with Crippen molar-refractivity contribution in [3.05, 3.63) is 107 Å². The third kappa shape index (κ3) is 4.88. The van der Waals surface area contributed by atoms with E-state index in [-0.39, 0.29) is 12.1 Å². The van der Waals surface area contributed by atoms with Crippen molar-refractivity contribution < 1.29 is 18.0 Å². The lowest BCUT2D eigenvalue weighted by atomic mass is 10.0. The van der Waals surface area contributed by atoms with Crippen molar-refractivity contribution in [2.45, 2.75) is 32.5 Å². The number of hydrogen-bond donors (Lipinski definition) is 1. The van der Waals surface area contributed by atoms with Crippen LogP contribution in [0, 0.1) is 0 Å². The fourth-order valence-corrected chi connectivity index (χ4v) is 3.95. The van der Waals surface area contributed by atoms with Crippen LogP contribution >= 0.6 is 0 Å². The molecule has 0 aliphatic heterocycles. The number of aromatic nitrogens is 2. The smallest absolute Gasteiger partial charge is 0.348 e. The van der Waals surface area contributed by atoms with Gasteiger partial charge >= 0.3 is 6.18 Å². The molecule has 1 N–H and O–H groups in total. The van der Waals surface area contributed by atoms with E-state index >= 15 is 0 Å². The number of carbonyl (C=O) groups excluding carboxylic acids is 1. The van der Waals surface area contributed by atoms with Gasteiger partial charge in [-0.3, -0.25) is 4.79 Å². The number of halogens is 3. The fraction of sp³-hybridized carbons (Fsp3) is 0.185. The largest absolute Gasteiger partial charge is 0.416 e. The van der Waals surface area contributed by atoms with E-state index in [0.717, 1.165) is 23.7 Å². The van der Waals surface area contributed by atoms with Crippen LogP contribution in [0.15, 0.2) is 84.9 Å². The molecule has 0 saturated carbocycles. The summed E-state index contributed by atoms with van der Waals surface area (Å²) in [5, 5.41) is 7.49. The highest BCUT2D eigenvalue weighted by Crippen LogP contribution is 2.32. The van der Waals surface area contributed by atoms with Gasteiger partial charge in [-0.05, 0) is 30.2 Å². The third-order valence-corrected chi connectivity index (χ3v) is 5.51. The second-order valence-corrected chi connectivity index (χ2v) is 7.87. The number of alkyl halides is 3. The molecule has 0 radical (unpaired) electrons. The van der Waals surface area contributed by atoms with Gasteiger partial charge in [0.2, 0.25) is 0 Å². The predicted octanol–water partition coefficient (Wildman–Crippen LogP) is 6.44. The second kappa shape index (κ2) is 9.95. The molecule has 0 spiro atoms. The van der Waals surface area contributed by atoms with Gasteiger partial charge in [-0.2, -0.15) is 18.3 Å². The van der Waals surface area contributed by atoms with Gasteiger partial charge in [0.25, 0.3) is 5.91 Å². The highest BCUT2D eigenvalue weighted by atomic mass is 19.4. The normalized spacial score (nSPS) is 11.4. The van der Waals surface area contributed by atoms with Crippen LogP contribution in [0.2, 0.25) is 0 Å². The zero-order valence-corrected chi connectivity index (χ0v) is 18.6. The minimum absolute atomic E-state index is 0.0112. The highest BCUT2D eigenvalue weighted by molar-refractivity contribution is 6.01. The molecule has 174 valence electrons. The lowest BCUT2D eigenvalue weighted by molar-refractivity contribution is -0.138. The van der Waals surface area contributed by atoms with Crippen LogP contribution in [0.25, 0.3) is 16.9 Å². The first-order chi connectivity index (χ1) is 16.4. The van der Waals surface area contributed by atoms with Crippen LogP contribution < -0.4 is 5.32 Å². The number of hydrogen-bond acceptors (Lipinski definition) is 2. The van der Waals surface area contributed by atoms with E-state index in [0.29, 0.717) is 23.4 Å². The first kappa shape index (κ1) is 23.3. The van der Waals surface area contributed by atoms with E-state index in [1.54, 1.807) is 4.68 Å². The number of nitrogens with zero attached hydrogens (tertiary/aromatic N) is 2. The van der Waals surface area contributed by atoms with E-state index in [2.05, 4.69) is 5.32 Å². The number of nitrogens with one attached hydrogen (secondary N) is 1. The van der Waals surface area contributed by atoms with Gasteiger partial charge < -0.3 is 5.32 Å². The van der Waals surface area contributed by atoms with Crippen LogP contribution in [0.1, 0.15) is 40.5 Å². The van der Waals surface area contributed by atoms with Crippen LogP contribution in [0.3, 0.4) is 0 Å². The van der Waals surface area contributed by atoms with E-state index in [1.165, 1.54) is 18.2 Å². The fourth-order valence-electron chi connectivity index (χ4n) is 3.95. The molecule has 0 saturated heterocycles. The summed E-state index contributed by atoms with van der Waals surface area (Å²) in [6, 6.07) is 24.1. The lowest BCUT2D eigenvalue weighted by Crippen LogP contribution is -2.26. The van der Waals surface area contributed by atoms with Gasteiger partial charge in [-0.15, -0.1) is 0 Å². The molecule has 0 atom stereocenters. The Balaban J connectivity index is 1.77. The van der Waals surface area contributed by atoms with Crippen molar-refractivity contribution in [2.75, 3.05) is 0 Å². The summed E-state index contributed by atoms with van der Waals surface area (Å²) in [7, 11) is 0. The molecule has 1 amide bonds. The summed E-state index contributed by atoms with van der Waals surface area (Å²) in [5.41, 5.74) is 2.41. The van der Waals surface area contributed by atoms with Gasteiger partial charge in [-0.25, -0.2) is 4.68 Å². The molecule has 1 heterocycles. The average molecular weight is 464 g/mol. The monoisotopic (exact) mass is 463 g/mol. The number of amides is 1. The van der Waals surface area contributed by atoms with Crippen molar-refractivity contribution >= 4 is 5.91 Å². The molecule has 4 rings (SSSR count). The zero-order valence-electron chi connectivity index (χ0n) is 18.6. The van der Waals surface area contributed by atoms with Gasteiger partial charge in [0.05, 0.1) is 22.5 Å². The number of benzene rings is 3. The SMILES string of the molecule is CCCc1c(C(=O)NCc2ccccc2C(F)(F)F)c(-c2ccccc2)nn1-c1ccccc1. The molecule has 3 aromatic carbocycles. The maximum atomic E-state index is 13.5. The first-order valence-corrected chi connectivity index (χ1v) is 11.1. The zero-order chi connectivity index (χ0) is 24.1. The summed E-state index contributed by atoms with van der Waals surface area (Å²) in [6.45, 7) is 1.76. The van der Waals surface area contributed by atoms with Gasteiger partial charge in [0.15, 0.2) is 0 Å². The topological polar surface area (TPSA) is 46.9 Å². The van der Waals surface area contributed by atoms with Crippen LogP contribution in [0.5, 0.6) is 0 Å². The van der Waals surface area contributed by atoms with Crippen molar-refractivity contribution in [3.8, 4) is 16.9 Å². The van der Waals surface area contributed by atoms with Crippen molar-refractivity contribution in [3.63, 3.8) is 0 Å². The molecular weight excluding hydrogens is 439 g/mol. The molecule has 7 heteroatoms. The molecule has 1 aromatic heterocycles. The molecule has 0 bridgehead atoms. The summed E-state index contributed by atoms with van der Waals surface area (Å²) >= 11 is 0. The maximum Gasteiger partial charge on any atom is 0.416 e. The predicted molar refractivity (Wildman–Crippen MR) is 126 cm³/mol. The molecule has 0 fully saturated rings. The molecule has 34 heavy (non-hydrogen) atoms. The Hall–Kier alpha value is -3.87. The third-order valence-electron chi connectivity index (χ3n) is 5.51. The second-order valence-electron chi connectivity index (χ2n) is 7.87. The molecule has 4 aromatic rings. The average Bonchev–Trinajstić information content (AvgIpc) is 3.23. The minimum atomic E-state index is -4.50. The number of para-hydroxylation sites is 1. The minimum Gasteiger partial charge on any atom is -0.348 e. The molecule has 0 unspecified atom stereocenters.